The molecule has 0 saturated carbocycles. The van der Waals surface area contributed by atoms with E-state index >= 15 is 0 Å². The monoisotopic (exact) mass is 368 g/mol. The van der Waals surface area contributed by atoms with Crippen molar-refractivity contribution in [3.05, 3.63) is 40.7 Å². The van der Waals surface area contributed by atoms with Crippen LogP contribution in [0.4, 0.5) is 10.1 Å². The van der Waals surface area contributed by atoms with Crippen LogP contribution in [-0.2, 0) is 19.6 Å². The number of hydrogen-bond acceptors (Lipinski definition) is 4. The summed E-state index contributed by atoms with van der Waals surface area (Å²) in [5, 5.41) is -3.07. The van der Waals surface area contributed by atoms with E-state index in [1.807, 2.05) is 4.72 Å². The number of rotatable bonds is 5. The molecule has 1 aromatic carbocycles. The maximum Gasteiger partial charge on any atom is 0.335 e. The Labute approximate surface area is 149 Å². The Kier molecular flexibility index (Phi) is 3.28. The van der Waals surface area contributed by atoms with Gasteiger partial charge in [-0.1, -0.05) is 17.7 Å². The molecule has 0 amide bonds. The quantitative estimate of drug-likeness (QED) is 0.809. The molecule has 1 aliphatic rings. The normalized spacial score (nSPS) is 29.7. The number of anilines is 1. The number of hydrogen-bond donors (Lipinski definition) is 1. The van der Waals surface area contributed by atoms with Crippen LogP contribution in [0.15, 0.2) is 29.8 Å². The summed E-state index contributed by atoms with van der Waals surface area (Å²) in [6, 6.07) is 1.19. The molecule has 0 fully saturated rings. The highest BCUT2D eigenvalue weighted by atomic mass is 35.5. The lowest BCUT2D eigenvalue weighted by atomic mass is 9.99. The van der Waals surface area contributed by atoms with E-state index < -0.39 is 68.5 Å². The Morgan fingerprint density at radius 1 is 1.61 bits per heavy atom. The van der Waals surface area contributed by atoms with Gasteiger partial charge in [0.05, 0.1) is 24.3 Å². The van der Waals surface area contributed by atoms with E-state index in [4.69, 9.17) is 21.2 Å². The summed E-state index contributed by atoms with van der Waals surface area (Å²) in [6.45, 7) is 1.06. The molecule has 0 bridgehead atoms. The SMILES string of the molecule is [2H]C1=C(C(=O)OCC)[C@H](S(=O)(=O)Nc2ccc(F)cc2Cl)C([2H])([2H])C([2H])([2H])C1([2H])[2H]. The second-order valence-electron chi connectivity index (χ2n) is 4.30. The van der Waals surface area contributed by atoms with Crippen LogP contribution in [0.5, 0.6) is 0 Å². The summed E-state index contributed by atoms with van der Waals surface area (Å²) in [6.07, 6.45) is -10.4. The Morgan fingerprint density at radius 3 is 3.00 bits per heavy atom. The van der Waals surface area contributed by atoms with Crippen LogP contribution in [0.25, 0.3) is 0 Å². The number of ether oxygens (including phenoxy) is 1. The number of halogens is 2. The number of esters is 1. The van der Waals surface area contributed by atoms with E-state index in [-0.39, 0.29) is 6.61 Å². The van der Waals surface area contributed by atoms with E-state index in [1.165, 1.54) is 6.92 Å². The van der Waals surface area contributed by atoms with Crippen LogP contribution in [0, 0.1) is 5.82 Å². The Balaban J connectivity index is 2.76. The van der Waals surface area contributed by atoms with E-state index in [0.717, 1.165) is 18.2 Å². The topological polar surface area (TPSA) is 72.5 Å². The minimum atomic E-state index is -5.06. The van der Waals surface area contributed by atoms with Crippen molar-refractivity contribution in [3.63, 3.8) is 0 Å². The zero-order valence-electron chi connectivity index (χ0n) is 18.8. The molecule has 0 aliphatic heterocycles. The molecule has 0 radical (unpaired) electrons. The number of sulfonamides is 1. The lowest BCUT2D eigenvalue weighted by molar-refractivity contribution is -0.138. The van der Waals surface area contributed by atoms with Crippen molar-refractivity contribution in [2.24, 2.45) is 0 Å². The predicted octanol–water partition coefficient (Wildman–Crippen LogP) is 3.26. The average Bonchev–Trinajstić information content (AvgIpc) is 2.59. The van der Waals surface area contributed by atoms with Gasteiger partial charge in [-0.25, -0.2) is 17.6 Å². The largest absolute Gasteiger partial charge is 0.463 e. The van der Waals surface area contributed by atoms with Crippen LogP contribution in [-0.4, -0.2) is 26.2 Å². The third-order valence-corrected chi connectivity index (χ3v) is 4.51. The van der Waals surface area contributed by atoms with Crippen molar-refractivity contribution < 1.29 is 31.9 Å². The highest BCUT2D eigenvalue weighted by Gasteiger charge is 2.35. The highest BCUT2D eigenvalue weighted by Crippen LogP contribution is 2.30. The molecule has 1 atom stereocenters. The first-order valence-electron chi connectivity index (χ1n) is 9.87. The third-order valence-electron chi connectivity index (χ3n) is 2.71. The van der Waals surface area contributed by atoms with Crippen LogP contribution in [0.2, 0.25) is 5.02 Å². The van der Waals surface area contributed by atoms with Gasteiger partial charge in [0.2, 0.25) is 10.0 Å². The zero-order valence-corrected chi connectivity index (χ0v) is 13.4. The van der Waals surface area contributed by atoms with Crippen molar-refractivity contribution in [1.82, 2.24) is 0 Å². The molecule has 126 valence electrons. The molecule has 5 nitrogen and oxygen atoms in total. The van der Waals surface area contributed by atoms with Crippen molar-refractivity contribution in [1.29, 1.82) is 0 Å². The first kappa shape index (κ1) is 10.3. The Hall–Kier alpha value is -1.60. The molecule has 0 saturated heterocycles. The van der Waals surface area contributed by atoms with Gasteiger partial charge in [0, 0.05) is 8.22 Å². The van der Waals surface area contributed by atoms with E-state index in [1.54, 1.807) is 0 Å². The van der Waals surface area contributed by atoms with Gasteiger partial charge in [-0.15, -0.1) is 0 Å². The van der Waals surface area contributed by atoms with Gasteiger partial charge >= 0.3 is 5.97 Å². The molecular formula is C15H17ClFNO4S. The van der Waals surface area contributed by atoms with E-state index in [2.05, 4.69) is 4.74 Å². The number of benzene rings is 1. The average molecular weight is 369 g/mol. The predicted molar refractivity (Wildman–Crippen MR) is 86.3 cm³/mol. The molecule has 0 unspecified atom stereocenters. The fourth-order valence-corrected chi connectivity index (χ4v) is 3.27. The maximum atomic E-state index is 13.2. The smallest absolute Gasteiger partial charge is 0.335 e. The van der Waals surface area contributed by atoms with Gasteiger partial charge < -0.3 is 4.74 Å². The second kappa shape index (κ2) is 7.31. The van der Waals surface area contributed by atoms with Crippen LogP contribution < -0.4 is 4.72 Å². The fourth-order valence-electron chi connectivity index (χ4n) is 1.72. The van der Waals surface area contributed by atoms with Gasteiger partial charge in [-0.2, -0.15) is 0 Å². The Morgan fingerprint density at radius 2 is 2.35 bits per heavy atom. The molecule has 0 heterocycles. The molecule has 1 N–H and O–H groups in total. The summed E-state index contributed by atoms with van der Waals surface area (Å²) in [5.74, 6) is -2.27. The number of allylic oxidation sites excluding steroid dienone is 1. The molecule has 1 aromatic rings. The van der Waals surface area contributed by atoms with Gasteiger partial charge in [-0.3, -0.25) is 4.72 Å². The van der Waals surface area contributed by atoms with Crippen LogP contribution in [0.3, 0.4) is 0 Å². The molecule has 1 aliphatic carbocycles. The standard InChI is InChI=1S/C15H17ClFNO4S/c1-2-22-15(19)11-5-3-4-6-14(11)23(20,21)18-13-8-7-10(17)9-12(13)16/h5,7-9,14,18H,2-4,6H2,1H3/t14-/m1/s1/i3D2,4D2,5D,6D2. The first-order chi connectivity index (χ1) is 13.5. The van der Waals surface area contributed by atoms with E-state index in [0.29, 0.717) is 0 Å². The van der Waals surface area contributed by atoms with Crippen molar-refractivity contribution in [2.75, 3.05) is 11.3 Å². The number of carbonyl (C=O) groups is 1. The van der Waals surface area contributed by atoms with Gasteiger partial charge in [0.1, 0.15) is 11.1 Å². The molecule has 8 heteroatoms. The van der Waals surface area contributed by atoms with Crippen molar-refractivity contribution in [2.45, 2.75) is 31.3 Å². The summed E-state index contributed by atoms with van der Waals surface area (Å²) in [4.78, 5) is 12.4. The Bertz CT molecular complexity index is 1020. The summed E-state index contributed by atoms with van der Waals surface area (Å²) in [7, 11) is -5.06. The second-order valence-corrected chi connectivity index (χ2v) is 6.48. The number of nitrogens with one attached hydrogen (secondary N) is 1. The van der Waals surface area contributed by atoms with Crippen LogP contribution in [0.1, 0.15) is 35.6 Å². The zero-order chi connectivity index (χ0) is 23.3. The molecular weight excluding hydrogens is 345 g/mol. The minimum absolute atomic E-state index is 0.293. The van der Waals surface area contributed by atoms with Gasteiger partial charge in [0.15, 0.2) is 0 Å². The third kappa shape index (κ3) is 4.23. The minimum Gasteiger partial charge on any atom is -0.463 e. The molecule has 0 spiro atoms. The maximum absolute atomic E-state index is 13.2. The fraction of sp³-hybridized carbons (Fsp3) is 0.400. The van der Waals surface area contributed by atoms with Crippen molar-refractivity contribution in [3.8, 4) is 0 Å². The molecule has 2 rings (SSSR count). The van der Waals surface area contributed by atoms with Crippen molar-refractivity contribution >= 4 is 33.3 Å². The molecule has 0 aromatic heterocycles. The van der Waals surface area contributed by atoms with Gasteiger partial charge in [-0.05, 0) is 44.2 Å². The number of carbonyl (C=O) groups excluding carboxylic acids is 1. The lowest BCUT2D eigenvalue weighted by Gasteiger charge is -2.24. The van der Waals surface area contributed by atoms with Crippen LogP contribution >= 0.6 is 11.6 Å². The summed E-state index contributed by atoms with van der Waals surface area (Å²) < 4.78 is 102. The molecule has 23 heavy (non-hydrogen) atoms. The lowest BCUT2D eigenvalue weighted by Crippen LogP contribution is -2.34. The van der Waals surface area contributed by atoms with Gasteiger partial charge in [0.25, 0.3) is 0 Å². The summed E-state index contributed by atoms with van der Waals surface area (Å²) in [5.41, 5.74) is -1.58. The van der Waals surface area contributed by atoms with E-state index in [9.17, 15) is 17.6 Å². The summed E-state index contributed by atoms with van der Waals surface area (Å²) >= 11 is 5.79. The first-order valence-corrected chi connectivity index (χ1v) is 8.29. The highest BCUT2D eigenvalue weighted by molar-refractivity contribution is 7.93.